The van der Waals surface area contributed by atoms with Gasteiger partial charge in [0.2, 0.25) is 0 Å². The molecule has 0 aliphatic carbocycles. The molecule has 0 heterocycles. The maximum Gasteiger partial charge on any atom is 0.0603 e. The Hall–Kier alpha value is -1.96. The zero-order valence-corrected chi connectivity index (χ0v) is 11.3. The van der Waals surface area contributed by atoms with E-state index in [1.54, 1.807) is 0 Å². The first-order valence-corrected chi connectivity index (χ1v) is 6.19. The van der Waals surface area contributed by atoms with Gasteiger partial charge in [-0.3, -0.25) is 0 Å². The minimum absolute atomic E-state index is 0.830. The Labute approximate surface area is 109 Å². The van der Waals surface area contributed by atoms with Crippen LogP contribution in [0.4, 0.5) is 11.4 Å². The number of nitrogens with zero attached hydrogens (tertiary/aromatic N) is 1. The first-order chi connectivity index (χ1) is 8.58. The van der Waals surface area contributed by atoms with Gasteiger partial charge >= 0.3 is 0 Å². The summed E-state index contributed by atoms with van der Waals surface area (Å²) in [4.78, 5) is 2.20. The third kappa shape index (κ3) is 2.65. The molecule has 0 radical (unpaired) electrons. The van der Waals surface area contributed by atoms with Gasteiger partial charge in [-0.25, -0.2) is 0 Å². The van der Waals surface area contributed by atoms with Gasteiger partial charge in [-0.2, -0.15) is 0 Å². The Kier molecular flexibility index (Phi) is 3.56. The Bertz CT molecular complexity index is 547. The number of nitrogens with two attached hydrogens (primary N) is 1. The van der Waals surface area contributed by atoms with Crippen molar-refractivity contribution in [2.75, 3.05) is 17.7 Å². The van der Waals surface area contributed by atoms with Crippen LogP contribution in [-0.2, 0) is 6.54 Å². The van der Waals surface area contributed by atoms with E-state index in [0.717, 1.165) is 17.9 Å². The van der Waals surface area contributed by atoms with Crippen LogP contribution in [-0.4, -0.2) is 7.05 Å². The lowest BCUT2D eigenvalue weighted by Gasteiger charge is -2.22. The van der Waals surface area contributed by atoms with Crippen molar-refractivity contribution in [3.63, 3.8) is 0 Å². The van der Waals surface area contributed by atoms with Gasteiger partial charge in [-0.15, -0.1) is 0 Å². The number of nitrogen functional groups attached to an aromatic ring is 1. The number of anilines is 2. The average Bonchev–Trinajstić information content (AvgIpc) is 2.35. The Morgan fingerprint density at radius 2 is 1.78 bits per heavy atom. The number of hydrogen-bond donors (Lipinski definition) is 1. The molecule has 2 aromatic carbocycles. The van der Waals surface area contributed by atoms with Crippen molar-refractivity contribution in [2.24, 2.45) is 0 Å². The summed E-state index contributed by atoms with van der Waals surface area (Å²) in [5.74, 6) is 0. The number of benzene rings is 2. The molecule has 0 amide bonds. The summed E-state index contributed by atoms with van der Waals surface area (Å²) in [5, 5.41) is 0. The zero-order valence-electron chi connectivity index (χ0n) is 11.3. The minimum atomic E-state index is 0.830. The molecule has 0 aromatic heterocycles. The van der Waals surface area contributed by atoms with E-state index in [0.29, 0.717) is 0 Å². The van der Waals surface area contributed by atoms with Crippen molar-refractivity contribution in [3.05, 3.63) is 59.2 Å². The molecule has 2 rings (SSSR count). The zero-order chi connectivity index (χ0) is 13.1. The van der Waals surface area contributed by atoms with E-state index in [1.165, 1.54) is 16.7 Å². The molecule has 18 heavy (non-hydrogen) atoms. The maximum atomic E-state index is 6.04. The summed E-state index contributed by atoms with van der Waals surface area (Å²) in [6.45, 7) is 5.10. The van der Waals surface area contributed by atoms with Crippen LogP contribution in [0.25, 0.3) is 0 Å². The SMILES string of the molecule is Cc1ccc(N)c(N(C)Cc2ccccc2C)c1. The van der Waals surface area contributed by atoms with Gasteiger partial charge in [0, 0.05) is 13.6 Å². The van der Waals surface area contributed by atoms with E-state index in [2.05, 4.69) is 56.1 Å². The summed E-state index contributed by atoms with van der Waals surface area (Å²) in [6, 6.07) is 14.6. The molecule has 0 spiro atoms. The second kappa shape index (κ2) is 5.13. The van der Waals surface area contributed by atoms with Crippen LogP contribution in [0, 0.1) is 13.8 Å². The fraction of sp³-hybridized carbons (Fsp3) is 0.250. The van der Waals surface area contributed by atoms with Crippen molar-refractivity contribution < 1.29 is 0 Å². The lowest BCUT2D eigenvalue weighted by molar-refractivity contribution is 0.915. The highest BCUT2D eigenvalue weighted by atomic mass is 15.1. The van der Waals surface area contributed by atoms with E-state index in [9.17, 15) is 0 Å². The molecule has 0 atom stereocenters. The monoisotopic (exact) mass is 240 g/mol. The molecule has 0 aliphatic rings. The first kappa shape index (κ1) is 12.5. The number of hydrogen-bond acceptors (Lipinski definition) is 2. The van der Waals surface area contributed by atoms with Gasteiger partial charge in [-0.05, 0) is 42.7 Å². The van der Waals surface area contributed by atoms with Crippen molar-refractivity contribution in [1.82, 2.24) is 0 Å². The fourth-order valence-corrected chi connectivity index (χ4v) is 2.11. The van der Waals surface area contributed by atoms with Crippen molar-refractivity contribution >= 4 is 11.4 Å². The molecule has 2 N–H and O–H groups in total. The highest BCUT2D eigenvalue weighted by Gasteiger charge is 2.07. The number of rotatable bonds is 3. The highest BCUT2D eigenvalue weighted by molar-refractivity contribution is 5.68. The molecule has 0 fully saturated rings. The van der Waals surface area contributed by atoms with Crippen LogP contribution in [0.2, 0.25) is 0 Å². The molecule has 0 saturated heterocycles. The molecule has 0 saturated carbocycles. The average molecular weight is 240 g/mol. The quantitative estimate of drug-likeness (QED) is 0.832. The van der Waals surface area contributed by atoms with Gasteiger partial charge in [0.25, 0.3) is 0 Å². The summed E-state index contributed by atoms with van der Waals surface area (Å²) >= 11 is 0. The molecule has 0 unspecified atom stereocenters. The second-order valence-electron chi connectivity index (χ2n) is 4.84. The topological polar surface area (TPSA) is 29.3 Å². The first-order valence-electron chi connectivity index (χ1n) is 6.19. The summed E-state index contributed by atoms with van der Waals surface area (Å²) in [5.41, 5.74) is 11.8. The summed E-state index contributed by atoms with van der Waals surface area (Å²) in [6.07, 6.45) is 0. The predicted octanol–water partition coefficient (Wildman–Crippen LogP) is 3.52. The van der Waals surface area contributed by atoms with Crippen LogP contribution < -0.4 is 10.6 Å². The van der Waals surface area contributed by atoms with E-state index in [-0.39, 0.29) is 0 Å². The number of aryl methyl sites for hydroxylation is 2. The molecular formula is C16H20N2. The normalized spacial score (nSPS) is 10.4. The van der Waals surface area contributed by atoms with E-state index < -0.39 is 0 Å². The van der Waals surface area contributed by atoms with Gasteiger partial charge in [0.1, 0.15) is 0 Å². The van der Waals surface area contributed by atoms with Crippen molar-refractivity contribution in [3.8, 4) is 0 Å². The van der Waals surface area contributed by atoms with Gasteiger partial charge in [0.15, 0.2) is 0 Å². The van der Waals surface area contributed by atoms with E-state index >= 15 is 0 Å². The van der Waals surface area contributed by atoms with Crippen LogP contribution >= 0.6 is 0 Å². The molecule has 2 nitrogen and oxygen atoms in total. The lowest BCUT2D eigenvalue weighted by Crippen LogP contribution is -2.18. The van der Waals surface area contributed by atoms with E-state index in [1.807, 2.05) is 12.1 Å². The lowest BCUT2D eigenvalue weighted by atomic mass is 10.1. The standard InChI is InChI=1S/C16H20N2/c1-12-8-9-15(17)16(10-12)18(3)11-14-7-5-4-6-13(14)2/h4-10H,11,17H2,1-3H3. The third-order valence-corrected chi connectivity index (χ3v) is 3.27. The Morgan fingerprint density at radius 1 is 1.06 bits per heavy atom. The van der Waals surface area contributed by atoms with Gasteiger partial charge < -0.3 is 10.6 Å². The van der Waals surface area contributed by atoms with Gasteiger partial charge in [0.05, 0.1) is 11.4 Å². The molecule has 0 bridgehead atoms. The van der Waals surface area contributed by atoms with Crippen LogP contribution in [0.3, 0.4) is 0 Å². The molecule has 0 aliphatic heterocycles. The van der Waals surface area contributed by atoms with Crippen LogP contribution in [0.15, 0.2) is 42.5 Å². The highest BCUT2D eigenvalue weighted by Crippen LogP contribution is 2.25. The maximum absolute atomic E-state index is 6.04. The second-order valence-corrected chi connectivity index (χ2v) is 4.84. The third-order valence-electron chi connectivity index (χ3n) is 3.27. The van der Waals surface area contributed by atoms with Crippen LogP contribution in [0.1, 0.15) is 16.7 Å². The van der Waals surface area contributed by atoms with Crippen molar-refractivity contribution in [1.29, 1.82) is 0 Å². The smallest absolute Gasteiger partial charge is 0.0603 e. The largest absolute Gasteiger partial charge is 0.397 e. The molecule has 2 heteroatoms. The predicted molar refractivity (Wildman–Crippen MR) is 78.9 cm³/mol. The van der Waals surface area contributed by atoms with E-state index in [4.69, 9.17) is 5.73 Å². The van der Waals surface area contributed by atoms with Crippen molar-refractivity contribution in [2.45, 2.75) is 20.4 Å². The molecule has 94 valence electrons. The molecule has 2 aromatic rings. The Balaban J connectivity index is 2.25. The summed E-state index contributed by atoms with van der Waals surface area (Å²) in [7, 11) is 2.08. The van der Waals surface area contributed by atoms with Crippen LogP contribution in [0.5, 0.6) is 0 Å². The minimum Gasteiger partial charge on any atom is -0.397 e. The summed E-state index contributed by atoms with van der Waals surface area (Å²) < 4.78 is 0. The van der Waals surface area contributed by atoms with Gasteiger partial charge in [-0.1, -0.05) is 30.3 Å². The molecular weight excluding hydrogens is 220 g/mol. The fourth-order valence-electron chi connectivity index (χ4n) is 2.11. The Morgan fingerprint density at radius 3 is 2.50 bits per heavy atom.